The molecule has 2 bridgehead atoms. The SMILES string of the molecule is CCc1cc2c(cc1OC(=O)N1C3CCC1COC3)CCC1C2CCC2(C)C(=O)CCC12. The predicted molar refractivity (Wildman–Crippen MR) is 121 cm³/mol. The van der Waals surface area contributed by atoms with Crippen LogP contribution in [0.1, 0.15) is 81.4 Å². The second-order valence-electron chi connectivity index (χ2n) is 11.0. The van der Waals surface area contributed by atoms with Gasteiger partial charge in [-0.1, -0.05) is 19.9 Å². The molecular weight excluding hydrogens is 402 g/mol. The number of rotatable bonds is 2. The molecule has 6 atom stereocenters. The molecule has 5 aliphatic rings. The Morgan fingerprint density at radius 2 is 1.91 bits per heavy atom. The molecule has 1 aromatic rings. The summed E-state index contributed by atoms with van der Waals surface area (Å²) in [6.07, 6.45) is 8.81. The Hall–Kier alpha value is -1.88. The van der Waals surface area contributed by atoms with Gasteiger partial charge in [0.05, 0.1) is 25.3 Å². The average molecular weight is 438 g/mol. The predicted octanol–water partition coefficient (Wildman–Crippen LogP) is 5.04. The molecule has 2 aliphatic heterocycles. The number of carbonyl (C=O) groups excluding carboxylic acids is 2. The van der Waals surface area contributed by atoms with Gasteiger partial charge in [-0.3, -0.25) is 9.69 Å². The molecule has 3 aliphatic carbocycles. The summed E-state index contributed by atoms with van der Waals surface area (Å²) < 4.78 is 11.7. The summed E-state index contributed by atoms with van der Waals surface area (Å²) in [5.74, 6) is 2.96. The van der Waals surface area contributed by atoms with Gasteiger partial charge in [-0.05, 0) is 91.9 Å². The fraction of sp³-hybridized carbons (Fsp3) is 0.704. The summed E-state index contributed by atoms with van der Waals surface area (Å²) in [5.41, 5.74) is 3.86. The molecule has 6 unspecified atom stereocenters. The van der Waals surface area contributed by atoms with Crippen LogP contribution in [0.25, 0.3) is 0 Å². The van der Waals surface area contributed by atoms with Crippen molar-refractivity contribution in [3.05, 3.63) is 28.8 Å². The second kappa shape index (κ2) is 7.58. The molecule has 2 heterocycles. The molecule has 32 heavy (non-hydrogen) atoms. The highest BCUT2D eigenvalue weighted by Gasteiger charge is 2.54. The van der Waals surface area contributed by atoms with Crippen LogP contribution in [0.5, 0.6) is 5.75 Å². The van der Waals surface area contributed by atoms with E-state index >= 15 is 0 Å². The topological polar surface area (TPSA) is 55.8 Å². The zero-order valence-corrected chi connectivity index (χ0v) is 19.4. The lowest BCUT2D eigenvalue weighted by atomic mass is 9.55. The summed E-state index contributed by atoms with van der Waals surface area (Å²) in [5, 5.41) is 0. The molecule has 1 aromatic carbocycles. The zero-order chi connectivity index (χ0) is 22.0. The fourth-order valence-electron chi connectivity index (χ4n) is 7.86. The monoisotopic (exact) mass is 437 g/mol. The number of carbonyl (C=O) groups is 2. The van der Waals surface area contributed by atoms with Gasteiger partial charge < -0.3 is 9.47 Å². The highest BCUT2D eigenvalue weighted by atomic mass is 16.6. The molecule has 0 spiro atoms. The van der Waals surface area contributed by atoms with Crippen molar-refractivity contribution >= 4 is 11.9 Å². The highest BCUT2D eigenvalue weighted by molar-refractivity contribution is 5.87. The van der Waals surface area contributed by atoms with E-state index in [2.05, 4.69) is 26.0 Å². The van der Waals surface area contributed by atoms with E-state index in [0.29, 0.717) is 36.8 Å². The van der Waals surface area contributed by atoms with Gasteiger partial charge in [-0.15, -0.1) is 0 Å². The number of Topliss-reactive ketones (excluding diaryl/α,β-unsaturated/α-hetero) is 1. The summed E-state index contributed by atoms with van der Waals surface area (Å²) >= 11 is 0. The summed E-state index contributed by atoms with van der Waals surface area (Å²) in [6.45, 7) is 5.63. The van der Waals surface area contributed by atoms with Crippen LogP contribution in [0.2, 0.25) is 0 Å². The van der Waals surface area contributed by atoms with Crippen molar-refractivity contribution in [2.75, 3.05) is 13.2 Å². The van der Waals surface area contributed by atoms with E-state index in [0.717, 1.165) is 69.1 Å². The van der Waals surface area contributed by atoms with Crippen LogP contribution in [-0.2, 0) is 22.4 Å². The molecule has 1 amide bonds. The van der Waals surface area contributed by atoms with Crippen LogP contribution in [0.4, 0.5) is 4.79 Å². The first-order valence-corrected chi connectivity index (χ1v) is 12.8. The van der Waals surface area contributed by atoms with Crippen molar-refractivity contribution in [2.24, 2.45) is 17.3 Å². The molecule has 4 fully saturated rings. The number of morpholine rings is 1. The second-order valence-corrected chi connectivity index (χ2v) is 11.0. The standard InChI is InChI=1S/C27H35NO4/c1-3-16-12-22-17(4-7-21-20(22)10-11-27(2)23(21)8-9-25(27)29)13-24(16)32-26(30)28-18-5-6-19(28)15-31-14-18/h12-13,18-21,23H,3-11,14-15H2,1-2H3. The van der Waals surface area contributed by atoms with Crippen molar-refractivity contribution in [1.29, 1.82) is 0 Å². The van der Waals surface area contributed by atoms with Gasteiger partial charge in [0.1, 0.15) is 11.5 Å². The molecule has 6 rings (SSSR count). The first-order valence-electron chi connectivity index (χ1n) is 12.8. The van der Waals surface area contributed by atoms with Crippen LogP contribution < -0.4 is 4.74 Å². The quantitative estimate of drug-likeness (QED) is 0.651. The van der Waals surface area contributed by atoms with Crippen molar-refractivity contribution in [1.82, 2.24) is 4.90 Å². The van der Waals surface area contributed by atoms with Crippen molar-refractivity contribution < 1.29 is 19.1 Å². The molecular formula is C27H35NO4. The largest absolute Gasteiger partial charge is 0.415 e. The number of fused-ring (bicyclic) bond motifs is 7. The Balaban J connectivity index is 1.27. The zero-order valence-electron chi connectivity index (χ0n) is 19.4. The number of aryl methyl sites for hydroxylation is 2. The molecule has 2 saturated heterocycles. The van der Waals surface area contributed by atoms with E-state index in [-0.39, 0.29) is 23.6 Å². The number of ketones is 1. The highest BCUT2D eigenvalue weighted by Crippen LogP contribution is 2.59. The Bertz CT molecular complexity index is 941. The van der Waals surface area contributed by atoms with Gasteiger partial charge in [-0.25, -0.2) is 4.79 Å². The minimum Gasteiger partial charge on any atom is -0.410 e. The third kappa shape index (κ3) is 2.99. The molecule has 2 saturated carbocycles. The number of amides is 1. The Kier molecular flexibility index (Phi) is 4.90. The Morgan fingerprint density at radius 3 is 2.66 bits per heavy atom. The van der Waals surface area contributed by atoms with Crippen molar-refractivity contribution in [3.8, 4) is 5.75 Å². The van der Waals surface area contributed by atoms with E-state index in [4.69, 9.17) is 9.47 Å². The molecule has 0 aromatic heterocycles. The maximum atomic E-state index is 13.1. The van der Waals surface area contributed by atoms with Crippen molar-refractivity contribution in [3.63, 3.8) is 0 Å². The normalized spacial score (nSPS) is 37.6. The molecule has 5 heteroatoms. The number of hydrogen-bond donors (Lipinski definition) is 0. The molecule has 5 nitrogen and oxygen atoms in total. The van der Waals surface area contributed by atoms with Crippen LogP contribution in [-0.4, -0.2) is 42.1 Å². The maximum Gasteiger partial charge on any atom is 0.415 e. The van der Waals surface area contributed by atoms with Gasteiger partial charge in [-0.2, -0.15) is 0 Å². The van der Waals surface area contributed by atoms with Gasteiger partial charge in [0.15, 0.2) is 0 Å². The number of benzene rings is 1. The van der Waals surface area contributed by atoms with Crippen LogP contribution in [0, 0.1) is 17.3 Å². The van der Waals surface area contributed by atoms with E-state index < -0.39 is 0 Å². The number of hydrogen-bond acceptors (Lipinski definition) is 4. The van der Waals surface area contributed by atoms with E-state index in [1.807, 2.05) is 4.90 Å². The van der Waals surface area contributed by atoms with Gasteiger partial charge in [0.25, 0.3) is 0 Å². The van der Waals surface area contributed by atoms with E-state index in [9.17, 15) is 9.59 Å². The van der Waals surface area contributed by atoms with Crippen LogP contribution >= 0.6 is 0 Å². The first-order chi connectivity index (χ1) is 15.5. The Labute approximate surface area is 190 Å². The summed E-state index contributed by atoms with van der Waals surface area (Å²) in [4.78, 5) is 27.6. The lowest BCUT2D eigenvalue weighted by Crippen LogP contribution is -2.50. The average Bonchev–Trinajstić information content (AvgIpc) is 3.24. The number of nitrogens with zero attached hydrogens (tertiary/aromatic N) is 1. The number of ether oxygens (including phenoxy) is 2. The third-order valence-electron chi connectivity index (χ3n) is 9.64. The van der Waals surface area contributed by atoms with E-state index in [1.165, 1.54) is 11.1 Å². The van der Waals surface area contributed by atoms with Gasteiger partial charge in [0, 0.05) is 11.8 Å². The molecule has 172 valence electrons. The minimum atomic E-state index is -0.206. The minimum absolute atomic E-state index is 0.0841. The van der Waals surface area contributed by atoms with Gasteiger partial charge in [0.2, 0.25) is 0 Å². The third-order valence-corrected chi connectivity index (χ3v) is 9.64. The maximum absolute atomic E-state index is 13.1. The molecule has 0 N–H and O–H groups in total. The lowest BCUT2D eigenvalue weighted by Gasteiger charge is -2.48. The fourth-order valence-corrected chi connectivity index (χ4v) is 7.86. The van der Waals surface area contributed by atoms with E-state index in [1.54, 1.807) is 0 Å². The van der Waals surface area contributed by atoms with Crippen molar-refractivity contribution in [2.45, 2.75) is 89.6 Å². The lowest BCUT2D eigenvalue weighted by molar-refractivity contribution is -0.129. The van der Waals surface area contributed by atoms with Crippen LogP contribution in [0.15, 0.2) is 12.1 Å². The molecule has 0 radical (unpaired) electrons. The van der Waals surface area contributed by atoms with Gasteiger partial charge >= 0.3 is 6.09 Å². The van der Waals surface area contributed by atoms with Crippen LogP contribution in [0.3, 0.4) is 0 Å². The summed E-state index contributed by atoms with van der Waals surface area (Å²) in [6, 6.07) is 4.83. The summed E-state index contributed by atoms with van der Waals surface area (Å²) in [7, 11) is 0. The smallest absolute Gasteiger partial charge is 0.410 e. The Morgan fingerprint density at radius 1 is 1.12 bits per heavy atom. The first kappa shape index (κ1) is 20.7.